The maximum atomic E-state index is 12.8. The normalized spacial score (nSPS) is 25.1. The molecule has 0 saturated carbocycles. The zero-order valence-corrected chi connectivity index (χ0v) is 14.4. The van der Waals surface area contributed by atoms with Gasteiger partial charge in [0, 0.05) is 24.7 Å². The van der Waals surface area contributed by atoms with E-state index < -0.39 is 10.0 Å². The smallest absolute Gasteiger partial charge is 0.244 e. The minimum absolute atomic E-state index is 0.0313. The van der Waals surface area contributed by atoms with Gasteiger partial charge in [0.25, 0.3) is 0 Å². The lowest BCUT2D eigenvalue weighted by molar-refractivity contribution is 0.186. The largest absolute Gasteiger partial charge is 0.497 e. The molecule has 0 bridgehead atoms. The molecule has 128 valence electrons. The molecule has 23 heavy (non-hydrogen) atoms. The molecule has 6 nitrogen and oxygen atoms in total. The standard InChI is InChI=1S/C16H24N2O4S/c1-21-12-6-7-15(22-2)16(11-12)23(19,20)17-13-8-10-18-9-4-3-5-14(13)18/h6-7,11,13-14,17H,3-5,8-10H2,1-2H3/t13-,14-/m0/s1. The topological polar surface area (TPSA) is 67.9 Å². The van der Waals surface area contributed by atoms with Crippen LogP contribution in [0.2, 0.25) is 0 Å². The Hall–Kier alpha value is -1.31. The van der Waals surface area contributed by atoms with Crippen LogP contribution in [0, 0.1) is 0 Å². The molecule has 2 fully saturated rings. The molecule has 2 heterocycles. The Morgan fingerprint density at radius 3 is 2.70 bits per heavy atom. The SMILES string of the molecule is COc1ccc(OC)c(S(=O)(=O)N[C@H]2CCN3CCCC[C@@H]23)c1. The van der Waals surface area contributed by atoms with Gasteiger partial charge in [-0.3, -0.25) is 4.90 Å². The van der Waals surface area contributed by atoms with Crippen LogP contribution in [0.4, 0.5) is 0 Å². The fourth-order valence-electron chi connectivity index (χ4n) is 3.64. The number of nitrogens with one attached hydrogen (secondary N) is 1. The molecule has 2 aliphatic rings. The Labute approximate surface area is 137 Å². The number of hydrogen-bond acceptors (Lipinski definition) is 5. The van der Waals surface area contributed by atoms with Crippen molar-refractivity contribution < 1.29 is 17.9 Å². The minimum atomic E-state index is -3.65. The fourth-order valence-corrected chi connectivity index (χ4v) is 5.13. The molecule has 7 heteroatoms. The van der Waals surface area contributed by atoms with Crippen LogP contribution in [0.15, 0.2) is 23.1 Å². The van der Waals surface area contributed by atoms with Gasteiger partial charge < -0.3 is 9.47 Å². The van der Waals surface area contributed by atoms with Gasteiger partial charge in [-0.05, 0) is 37.9 Å². The summed E-state index contributed by atoms with van der Waals surface area (Å²) in [5, 5.41) is 0. The van der Waals surface area contributed by atoms with E-state index in [2.05, 4.69) is 9.62 Å². The Morgan fingerprint density at radius 1 is 1.13 bits per heavy atom. The van der Waals surface area contributed by atoms with Crippen molar-refractivity contribution in [3.63, 3.8) is 0 Å². The Morgan fingerprint density at radius 2 is 1.96 bits per heavy atom. The molecule has 2 atom stereocenters. The van der Waals surface area contributed by atoms with Crippen molar-refractivity contribution in [1.29, 1.82) is 0 Å². The van der Waals surface area contributed by atoms with Crippen LogP contribution in [0.5, 0.6) is 11.5 Å². The van der Waals surface area contributed by atoms with Crippen LogP contribution < -0.4 is 14.2 Å². The van der Waals surface area contributed by atoms with Crippen molar-refractivity contribution in [2.45, 2.75) is 42.7 Å². The molecule has 2 aliphatic heterocycles. The van der Waals surface area contributed by atoms with E-state index in [4.69, 9.17) is 9.47 Å². The average molecular weight is 340 g/mol. The molecule has 1 aromatic rings. The molecule has 0 aromatic heterocycles. The number of methoxy groups -OCH3 is 2. The van der Waals surface area contributed by atoms with Crippen LogP contribution >= 0.6 is 0 Å². The molecule has 0 spiro atoms. The maximum absolute atomic E-state index is 12.8. The molecule has 3 rings (SSSR count). The molecule has 1 N–H and O–H groups in total. The van der Waals surface area contributed by atoms with Crippen LogP contribution in [-0.2, 0) is 10.0 Å². The highest BCUT2D eigenvalue weighted by molar-refractivity contribution is 7.89. The van der Waals surface area contributed by atoms with Gasteiger partial charge in [0.1, 0.15) is 16.4 Å². The van der Waals surface area contributed by atoms with Gasteiger partial charge in [-0.15, -0.1) is 0 Å². The highest BCUT2D eigenvalue weighted by atomic mass is 32.2. The summed E-state index contributed by atoms with van der Waals surface area (Å²) in [5.74, 6) is 0.827. The van der Waals surface area contributed by atoms with Crippen LogP contribution in [0.3, 0.4) is 0 Å². The van der Waals surface area contributed by atoms with E-state index in [1.54, 1.807) is 12.1 Å². The molecule has 2 saturated heterocycles. The van der Waals surface area contributed by atoms with Crippen molar-refractivity contribution in [3.05, 3.63) is 18.2 Å². The third-order valence-electron chi connectivity index (χ3n) is 4.82. The van der Waals surface area contributed by atoms with Crippen molar-refractivity contribution in [2.24, 2.45) is 0 Å². The number of hydrogen-bond donors (Lipinski definition) is 1. The first-order valence-corrected chi connectivity index (χ1v) is 9.52. The molecule has 0 aliphatic carbocycles. The second kappa shape index (κ2) is 6.67. The average Bonchev–Trinajstić information content (AvgIpc) is 2.97. The lowest BCUT2D eigenvalue weighted by atomic mass is 10.00. The van der Waals surface area contributed by atoms with E-state index in [0.717, 1.165) is 25.9 Å². The first kappa shape index (κ1) is 16.5. The maximum Gasteiger partial charge on any atom is 0.244 e. The molecule has 0 radical (unpaired) electrons. The van der Waals surface area contributed by atoms with E-state index in [-0.39, 0.29) is 10.9 Å². The fraction of sp³-hybridized carbons (Fsp3) is 0.625. The van der Waals surface area contributed by atoms with E-state index in [0.29, 0.717) is 17.5 Å². The second-order valence-corrected chi connectivity index (χ2v) is 7.81. The number of sulfonamides is 1. The quantitative estimate of drug-likeness (QED) is 0.882. The lowest BCUT2D eigenvalue weighted by Crippen LogP contribution is -2.46. The summed E-state index contributed by atoms with van der Waals surface area (Å²) in [7, 11) is -0.663. The molecular formula is C16H24N2O4S. The van der Waals surface area contributed by atoms with E-state index in [1.807, 2.05) is 0 Å². The lowest BCUT2D eigenvalue weighted by Gasteiger charge is -2.32. The number of nitrogens with zero attached hydrogens (tertiary/aromatic N) is 1. The van der Waals surface area contributed by atoms with Gasteiger partial charge >= 0.3 is 0 Å². The third-order valence-corrected chi connectivity index (χ3v) is 6.33. The predicted octanol–water partition coefficient (Wildman–Crippen LogP) is 1.61. The second-order valence-electron chi connectivity index (χ2n) is 6.13. The molecular weight excluding hydrogens is 316 g/mol. The van der Waals surface area contributed by atoms with Crippen LogP contribution in [0.25, 0.3) is 0 Å². The first-order chi connectivity index (χ1) is 11.0. The Balaban J connectivity index is 1.84. The number of piperidine rings is 1. The van der Waals surface area contributed by atoms with E-state index in [9.17, 15) is 8.42 Å². The Kier molecular flexibility index (Phi) is 4.79. The minimum Gasteiger partial charge on any atom is -0.497 e. The molecule has 1 aromatic carbocycles. The summed E-state index contributed by atoms with van der Waals surface area (Å²) in [6.45, 7) is 2.04. The van der Waals surface area contributed by atoms with Gasteiger partial charge in [0.15, 0.2) is 0 Å². The monoisotopic (exact) mass is 340 g/mol. The van der Waals surface area contributed by atoms with Crippen LogP contribution in [-0.4, -0.2) is 52.7 Å². The highest BCUT2D eigenvalue weighted by Gasteiger charge is 2.38. The molecule has 0 unspecified atom stereocenters. The summed E-state index contributed by atoms with van der Waals surface area (Å²) in [4.78, 5) is 2.54. The van der Waals surface area contributed by atoms with Crippen LogP contribution in [0.1, 0.15) is 25.7 Å². The molecule has 0 amide bonds. The predicted molar refractivity (Wildman–Crippen MR) is 87.5 cm³/mol. The van der Waals surface area contributed by atoms with Gasteiger partial charge in [-0.2, -0.15) is 0 Å². The van der Waals surface area contributed by atoms with Gasteiger partial charge in [0.05, 0.1) is 14.2 Å². The van der Waals surface area contributed by atoms with Crippen molar-refractivity contribution in [1.82, 2.24) is 9.62 Å². The van der Waals surface area contributed by atoms with Crippen molar-refractivity contribution in [2.75, 3.05) is 27.3 Å². The van der Waals surface area contributed by atoms with E-state index in [1.165, 1.54) is 33.1 Å². The van der Waals surface area contributed by atoms with Gasteiger partial charge in [-0.25, -0.2) is 13.1 Å². The highest BCUT2D eigenvalue weighted by Crippen LogP contribution is 2.31. The first-order valence-electron chi connectivity index (χ1n) is 8.03. The van der Waals surface area contributed by atoms with Gasteiger partial charge in [-0.1, -0.05) is 6.42 Å². The number of rotatable bonds is 5. The van der Waals surface area contributed by atoms with Gasteiger partial charge in [0.2, 0.25) is 10.0 Å². The summed E-state index contributed by atoms with van der Waals surface area (Å²) in [5.41, 5.74) is 0. The number of benzene rings is 1. The summed E-state index contributed by atoms with van der Waals surface area (Å²) >= 11 is 0. The number of fused-ring (bicyclic) bond motifs is 1. The van der Waals surface area contributed by atoms with Crippen molar-refractivity contribution in [3.8, 4) is 11.5 Å². The van der Waals surface area contributed by atoms with Crippen molar-refractivity contribution >= 4 is 10.0 Å². The zero-order chi connectivity index (χ0) is 16.4. The summed E-state index contributed by atoms with van der Waals surface area (Å²) in [6.07, 6.45) is 4.29. The number of ether oxygens (including phenoxy) is 2. The third kappa shape index (κ3) is 3.32. The summed E-state index contributed by atoms with van der Waals surface area (Å²) in [6, 6.07) is 5.10. The summed E-state index contributed by atoms with van der Waals surface area (Å²) < 4.78 is 38.9. The zero-order valence-electron chi connectivity index (χ0n) is 13.6. The van der Waals surface area contributed by atoms with E-state index >= 15 is 0 Å². The Bertz CT molecular complexity index is 662.